The average molecular weight is 920 g/mol. The number of aromatic hydroxyl groups is 4. The predicted molar refractivity (Wildman–Crippen MR) is 235 cm³/mol. The molecule has 0 aliphatic rings. The van der Waals surface area contributed by atoms with Gasteiger partial charge in [-0.25, -0.2) is 9.59 Å². The Labute approximate surface area is 368 Å². The normalized spacial score (nSPS) is 10.3. The molecule has 0 aliphatic carbocycles. The molecule has 65 heavy (non-hydrogen) atoms. The van der Waals surface area contributed by atoms with E-state index in [0.29, 0.717) is 17.4 Å². The van der Waals surface area contributed by atoms with Gasteiger partial charge in [0, 0.05) is 29.6 Å². The molecule has 0 radical (unpaired) electrons. The number of nitro benzene ring substituents is 3. The largest absolute Gasteiger partial charge is 0.506 e. The molecular formula is C40H32F3N9O12S. The molecule has 4 amide bonds. The summed E-state index contributed by atoms with van der Waals surface area (Å²) in [7, 11) is 0. The summed E-state index contributed by atoms with van der Waals surface area (Å²) in [5.41, 5.74) is -0.589. The van der Waals surface area contributed by atoms with E-state index in [-0.39, 0.29) is 45.0 Å². The van der Waals surface area contributed by atoms with Gasteiger partial charge in [0.15, 0.2) is 5.11 Å². The molecule has 0 atom stereocenters. The second kappa shape index (κ2) is 22.0. The average Bonchev–Trinajstić information content (AvgIpc) is 3.24. The molecule has 0 unspecified atom stereocenters. The summed E-state index contributed by atoms with van der Waals surface area (Å²) in [5.74, 6) is -1.94. The summed E-state index contributed by atoms with van der Waals surface area (Å²) in [6, 6.07) is 28.4. The fraction of sp³-hybridized carbons (Fsp3) is 0.0250. The van der Waals surface area contributed by atoms with Gasteiger partial charge in [-0.2, -0.15) is 13.2 Å². The van der Waals surface area contributed by atoms with Crippen molar-refractivity contribution < 1.29 is 58.0 Å². The Morgan fingerprint density at radius 2 is 0.785 bits per heavy atom. The number of urea groups is 2. The van der Waals surface area contributed by atoms with Crippen molar-refractivity contribution in [3.8, 4) is 23.0 Å². The number of rotatable bonds is 9. The summed E-state index contributed by atoms with van der Waals surface area (Å²) in [5, 5.41) is 85.4. The first kappa shape index (κ1) is 48.4. The molecule has 0 fully saturated rings. The molecule has 6 aromatic carbocycles. The lowest BCUT2D eigenvalue weighted by atomic mass is 10.2. The second-order valence-electron chi connectivity index (χ2n) is 12.6. The number of carbonyl (C=O) groups excluding carboxylic acids is 2. The monoisotopic (exact) mass is 919 g/mol. The Morgan fingerprint density at radius 1 is 0.462 bits per heavy atom. The number of nitrogens with zero attached hydrogens (tertiary/aromatic N) is 3. The van der Waals surface area contributed by atoms with Gasteiger partial charge in [-0.1, -0.05) is 36.4 Å². The number of halogens is 3. The van der Waals surface area contributed by atoms with Crippen molar-refractivity contribution in [2.75, 3.05) is 31.9 Å². The maximum Gasteiger partial charge on any atom is 0.416 e. The third-order valence-electron chi connectivity index (χ3n) is 7.96. The zero-order valence-corrected chi connectivity index (χ0v) is 33.5. The lowest BCUT2D eigenvalue weighted by Crippen LogP contribution is -2.19. The molecule has 0 bridgehead atoms. The number of alkyl halides is 3. The number of hydrogen-bond donors (Lipinski definition) is 10. The third-order valence-corrected chi connectivity index (χ3v) is 8.16. The van der Waals surface area contributed by atoms with Gasteiger partial charge in [0.05, 0.1) is 61.3 Å². The Bertz CT molecular complexity index is 2650. The summed E-state index contributed by atoms with van der Waals surface area (Å²) in [6.07, 6.45) is -4.55. The van der Waals surface area contributed by atoms with Gasteiger partial charge in [-0.15, -0.1) is 0 Å². The van der Waals surface area contributed by atoms with Crippen molar-refractivity contribution in [1.82, 2.24) is 0 Å². The van der Waals surface area contributed by atoms with Gasteiger partial charge in [0.1, 0.15) is 23.0 Å². The van der Waals surface area contributed by atoms with Crippen LogP contribution in [0.1, 0.15) is 5.56 Å². The molecular weight excluding hydrogens is 888 g/mol. The van der Waals surface area contributed by atoms with Crippen molar-refractivity contribution in [1.29, 1.82) is 0 Å². The van der Waals surface area contributed by atoms with E-state index >= 15 is 0 Å². The first-order valence-corrected chi connectivity index (χ1v) is 18.3. The molecule has 0 aromatic heterocycles. The Hall–Kier alpha value is -9.26. The predicted octanol–water partition coefficient (Wildman–Crippen LogP) is 9.72. The van der Waals surface area contributed by atoms with E-state index in [1.165, 1.54) is 12.1 Å². The molecule has 0 saturated heterocycles. The van der Waals surface area contributed by atoms with E-state index < -0.39 is 55.8 Å². The number of benzene rings is 6. The molecule has 0 saturated carbocycles. The molecule has 10 N–H and O–H groups in total. The number of para-hydroxylation sites is 2. The first-order valence-electron chi connectivity index (χ1n) is 17.9. The SMILES string of the molecule is O=C(Nc1ccc([N+](=O)[O-])cc1O)Nc1ccc([N+](=O)[O-])cc1O.O=C(Nc1ccccc1)Nc1ccc(C(F)(F)F)cc1O.O=[N+]([O-])c1ccc(NC(=S)Nc2ccccc2)c(O)c1. The van der Waals surface area contributed by atoms with Crippen LogP contribution < -0.4 is 31.9 Å². The van der Waals surface area contributed by atoms with Crippen LogP contribution in [0.2, 0.25) is 0 Å². The number of carbonyl (C=O) groups is 2. The number of thiocarbonyl (C=S) groups is 1. The number of nitrogens with one attached hydrogen (secondary N) is 6. The van der Waals surface area contributed by atoms with Gasteiger partial charge >= 0.3 is 18.2 Å². The van der Waals surface area contributed by atoms with Crippen molar-refractivity contribution in [2.24, 2.45) is 0 Å². The fourth-order valence-electron chi connectivity index (χ4n) is 4.92. The summed E-state index contributed by atoms with van der Waals surface area (Å²) < 4.78 is 37.3. The van der Waals surface area contributed by atoms with Crippen molar-refractivity contribution >= 4 is 80.6 Å². The van der Waals surface area contributed by atoms with E-state index in [4.69, 9.17) is 12.2 Å². The van der Waals surface area contributed by atoms with Gasteiger partial charge < -0.3 is 52.3 Å². The number of amides is 4. The van der Waals surface area contributed by atoms with Crippen molar-refractivity contribution in [3.63, 3.8) is 0 Å². The highest BCUT2D eigenvalue weighted by molar-refractivity contribution is 7.80. The molecule has 6 aromatic rings. The third kappa shape index (κ3) is 15.0. The van der Waals surface area contributed by atoms with E-state index in [0.717, 1.165) is 60.3 Å². The van der Waals surface area contributed by atoms with E-state index in [1.54, 1.807) is 30.3 Å². The molecule has 21 nitrogen and oxygen atoms in total. The maximum atomic E-state index is 12.4. The van der Waals surface area contributed by atoms with Gasteiger partial charge in [0.2, 0.25) is 0 Å². The number of non-ortho nitro benzene ring substituents is 3. The fourth-order valence-corrected chi connectivity index (χ4v) is 5.15. The van der Waals surface area contributed by atoms with E-state index in [9.17, 15) is 73.5 Å². The minimum Gasteiger partial charge on any atom is -0.506 e. The van der Waals surface area contributed by atoms with E-state index in [1.807, 2.05) is 30.3 Å². The van der Waals surface area contributed by atoms with Gasteiger partial charge in [-0.05, 0) is 72.9 Å². The molecule has 0 aliphatic heterocycles. The van der Waals surface area contributed by atoms with Crippen LogP contribution in [0, 0.1) is 30.3 Å². The highest BCUT2D eigenvalue weighted by atomic mass is 32.1. The van der Waals surface area contributed by atoms with Crippen LogP contribution in [0.15, 0.2) is 133 Å². The molecule has 0 spiro atoms. The molecule has 336 valence electrons. The minimum atomic E-state index is -4.55. The Kier molecular flexibility index (Phi) is 16.4. The van der Waals surface area contributed by atoms with Gasteiger partial charge in [-0.3, -0.25) is 30.3 Å². The minimum absolute atomic E-state index is 0.0977. The van der Waals surface area contributed by atoms with Crippen LogP contribution in [-0.4, -0.2) is 52.4 Å². The number of phenols is 4. The molecule has 25 heteroatoms. The Morgan fingerprint density at radius 3 is 1.12 bits per heavy atom. The zero-order chi connectivity index (χ0) is 47.8. The number of anilines is 6. The van der Waals surface area contributed by atoms with Crippen LogP contribution in [0.4, 0.5) is 73.9 Å². The first-order chi connectivity index (χ1) is 30.7. The Balaban J connectivity index is 0.000000214. The zero-order valence-electron chi connectivity index (χ0n) is 32.6. The quantitative estimate of drug-likeness (QED) is 0.0279. The van der Waals surface area contributed by atoms with E-state index in [2.05, 4.69) is 31.9 Å². The van der Waals surface area contributed by atoms with Gasteiger partial charge in [0.25, 0.3) is 17.1 Å². The highest BCUT2D eigenvalue weighted by Crippen LogP contribution is 2.35. The lowest BCUT2D eigenvalue weighted by molar-refractivity contribution is -0.385. The van der Waals surface area contributed by atoms with Crippen LogP contribution in [0.5, 0.6) is 23.0 Å². The van der Waals surface area contributed by atoms with Crippen molar-refractivity contribution in [3.05, 3.63) is 169 Å². The number of hydrogen-bond acceptors (Lipinski definition) is 13. The topological polar surface area (TPSA) is 317 Å². The summed E-state index contributed by atoms with van der Waals surface area (Å²) in [4.78, 5) is 53.2. The number of nitro groups is 3. The summed E-state index contributed by atoms with van der Waals surface area (Å²) >= 11 is 5.09. The molecule has 0 heterocycles. The molecule has 6 rings (SSSR count). The van der Waals surface area contributed by atoms with Crippen molar-refractivity contribution in [2.45, 2.75) is 6.18 Å². The van der Waals surface area contributed by atoms with Crippen LogP contribution in [-0.2, 0) is 6.18 Å². The second-order valence-corrected chi connectivity index (χ2v) is 13.0. The van der Waals surface area contributed by atoms with Crippen LogP contribution >= 0.6 is 12.2 Å². The standard InChI is InChI=1S/C14H11F3N2O2.C13H10N4O7.C13H11N3O3S/c15-14(16,17)9-6-7-11(12(20)8-9)19-13(21)18-10-4-2-1-3-5-10;18-11-5-7(16(21)22)1-3-9(11)14-13(20)15-10-4-2-8(17(23)24)6-12(10)19;17-12-8-10(16(18)19)6-7-11(12)15-13(20)14-9-4-2-1-3-5-9/h1-8,20H,(H2,18,19,21);1-6,18-19H,(H2,14,15,20);1-8,17H,(H2,14,15,20). The highest BCUT2D eigenvalue weighted by Gasteiger charge is 2.31. The maximum absolute atomic E-state index is 12.4. The lowest BCUT2D eigenvalue weighted by Gasteiger charge is -2.11. The van der Waals surface area contributed by atoms with Crippen LogP contribution in [0.3, 0.4) is 0 Å². The summed E-state index contributed by atoms with van der Waals surface area (Å²) in [6.45, 7) is 0. The van der Waals surface area contributed by atoms with Crippen LogP contribution in [0.25, 0.3) is 0 Å². The number of phenolic OH excluding ortho intramolecular Hbond substituents is 4. The smallest absolute Gasteiger partial charge is 0.416 e.